The number of carboxylic acid groups (broad SMARTS) is 1. The van der Waals surface area contributed by atoms with Crippen LogP contribution in [0.1, 0.15) is 53.6 Å². The SMILES string of the molecule is Cc1cc(C)c(C(=O)O)cc1NC(=O)CCCC1CCOCC1. The molecule has 0 aromatic heterocycles. The van der Waals surface area contributed by atoms with Crippen LogP contribution in [0.5, 0.6) is 0 Å². The summed E-state index contributed by atoms with van der Waals surface area (Å²) in [4.78, 5) is 23.3. The van der Waals surface area contributed by atoms with Crippen LogP contribution in [0.15, 0.2) is 12.1 Å². The second-order valence-corrected chi connectivity index (χ2v) is 6.28. The summed E-state index contributed by atoms with van der Waals surface area (Å²) in [5.41, 5.74) is 2.40. The number of carbonyl (C=O) groups is 2. The van der Waals surface area contributed by atoms with E-state index in [0.717, 1.165) is 44.5 Å². The first kappa shape index (κ1) is 17.5. The highest BCUT2D eigenvalue weighted by molar-refractivity contribution is 5.95. The van der Waals surface area contributed by atoms with Gasteiger partial charge in [-0.2, -0.15) is 0 Å². The Hall–Kier alpha value is -1.88. The molecule has 0 saturated carbocycles. The molecule has 2 N–H and O–H groups in total. The van der Waals surface area contributed by atoms with Crippen molar-refractivity contribution in [3.05, 3.63) is 28.8 Å². The van der Waals surface area contributed by atoms with E-state index < -0.39 is 5.97 Å². The summed E-state index contributed by atoms with van der Waals surface area (Å²) < 4.78 is 5.33. The minimum atomic E-state index is -0.975. The zero-order chi connectivity index (χ0) is 16.8. The Morgan fingerprint density at radius 1 is 1.22 bits per heavy atom. The van der Waals surface area contributed by atoms with Crippen LogP contribution < -0.4 is 5.32 Å². The third kappa shape index (κ3) is 5.06. The standard InChI is InChI=1S/C18H25NO4/c1-12-10-13(2)16(11-15(12)18(21)22)19-17(20)5-3-4-14-6-8-23-9-7-14/h10-11,14H,3-9H2,1-2H3,(H,19,20)(H,21,22). The number of hydrogen-bond acceptors (Lipinski definition) is 3. The number of carboxylic acids is 1. The molecule has 1 heterocycles. The van der Waals surface area contributed by atoms with Crippen molar-refractivity contribution < 1.29 is 19.4 Å². The van der Waals surface area contributed by atoms with Gasteiger partial charge in [0.15, 0.2) is 0 Å². The van der Waals surface area contributed by atoms with Crippen molar-refractivity contribution in [2.75, 3.05) is 18.5 Å². The van der Waals surface area contributed by atoms with Gasteiger partial charge in [-0.25, -0.2) is 4.79 Å². The van der Waals surface area contributed by atoms with Gasteiger partial charge in [-0.3, -0.25) is 4.79 Å². The lowest BCUT2D eigenvalue weighted by Crippen LogP contribution is -2.17. The summed E-state index contributed by atoms with van der Waals surface area (Å²) in [6.07, 6.45) is 4.53. The molecule has 0 aliphatic carbocycles. The molecule has 1 aromatic rings. The van der Waals surface area contributed by atoms with Gasteiger partial charge < -0.3 is 15.2 Å². The first-order chi connectivity index (χ1) is 11.0. The van der Waals surface area contributed by atoms with Gasteiger partial charge in [0.2, 0.25) is 5.91 Å². The van der Waals surface area contributed by atoms with E-state index in [-0.39, 0.29) is 11.5 Å². The van der Waals surface area contributed by atoms with Crippen LogP contribution in [-0.4, -0.2) is 30.2 Å². The van der Waals surface area contributed by atoms with E-state index in [9.17, 15) is 14.7 Å². The number of benzene rings is 1. The maximum atomic E-state index is 12.1. The first-order valence-electron chi connectivity index (χ1n) is 8.19. The third-order valence-corrected chi connectivity index (χ3v) is 4.43. The lowest BCUT2D eigenvalue weighted by molar-refractivity contribution is -0.116. The quantitative estimate of drug-likeness (QED) is 0.841. The molecule has 1 aliphatic heterocycles. The highest BCUT2D eigenvalue weighted by atomic mass is 16.5. The largest absolute Gasteiger partial charge is 0.478 e. The summed E-state index contributed by atoms with van der Waals surface area (Å²) in [6, 6.07) is 3.34. The minimum Gasteiger partial charge on any atom is -0.478 e. The van der Waals surface area contributed by atoms with Crippen LogP contribution in [0.4, 0.5) is 5.69 Å². The number of aryl methyl sites for hydroxylation is 2. The average molecular weight is 319 g/mol. The van der Waals surface area contributed by atoms with Crippen molar-refractivity contribution in [1.29, 1.82) is 0 Å². The molecule has 23 heavy (non-hydrogen) atoms. The molecule has 1 saturated heterocycles. The van der Waals surface area contributed by atoms with Crippen LogP contribution in [0.2, 0.25) is 0 Å². The monoisotopic (exact) mass is 319 g/mol. The van der Waals surface area contributed by atoms with E-state index in [4.69, 9.17) is 4.74 Å². The normalized spacial score (nSPS) is 15.4. The molecular weight excluding hydrogens is 294 g/mol. The summed E-state index contributed by atoms with van der Waals surface area (Å²) in [7, 11) is 0. The molecule has 0 spiro atoms. The van der Waals surface area contributed by atoms with Crippen LogP contribution in [0, 0.1) is 19.8 Å². The number of anilines is 1. The molecule has 5 nitrogen and oxygen atoms in total. The van der Waals surface area contributed by atoms with Crippen LogP contribution in [0.3, 0.4) is 0 Å². The summed E-state index contributed by atoms with van der Waals surface area (Å²) in [5.74, 6) is -0.367. The first-order valence-corrected chi connectivity index (χ1v) is 8.19. The summed E-state index contributed by atoms with van der Waals surface area (Å²) in [5, 5.41) is 12.0. The fourth-order valence-electron chi connectivity index (χ4n) is 3.02. The van der Waals surface area contributed by atoms with Crippen LogP contribution in [0.25, 0.3) is 0 Å². The molecule has 2 rings (SSSR count). The number of aromatic carboxylic acids is 1. The maximum Gasteiger partial charge on any atom is 0.336 e. The van der Waals surface area contributed by atoms with Crippen LogP contribution in [-0.2, 0) is 9.53 Å². The topological polar surface area (TPSA) is 75.6 Å². The Balaban J connectivity index is 1.87. The third-order valence-electron chi connectivity index (χ3n) is 4.43. The molecule has 0 atom stereocenters. The fraction of sp³-hybridized carbons (Fsp3) is 0.556. The molecule has 0 bridgehead atoms. The number of carbonyl (C=O) groups excluding carboxylic acids is 1. The van der Waals surface area contributed by atoms with Crippen molar-refractivity contribution >= 4 is 17.6 Å². The van der Waals surface area contributed by atoms with E-state index >= 15 is 0 Å². The zero-order valence-electron chi connectivity index (χ0n) is 13.9. The lowest BCUT2D eigenvalue weighted by Gasteiger charge is -2.21. The van der Waals surface area contributed by atoms with Gasteiger partial charge >= 0.3 is 5.97 Å². The van der Waals surface area contributed by atoms with Crippen LogP contribution >= 0.6 is 0 Å². The van der Waals surface area contributed by atoms with E-state index in [1.807, 2.05) is 6.92 Å². The van der Waals surface area contributed by atoms with Crippen molar-refractivity contribution in [2.45, 2.75) is 46.0 Å². The Bertz CT molecular complexity index is 577. The minimum absolute atomic E-state index is 0.0552. The Labute approximate surface area is 137 Å². The van der Waals surface area contributed by atoms with Crippen molar-refractivity contribution in [3.8, 4) is 0 Å². The molecule has 1 aliphatic rings. The van der Waals surface area contributed by atoms with Gasteiger partial charge in [0.05, 0.1) is 5.56 Å². The summed E-state index contributed by atoms with van der Waals surface area (Å²) in [6.45, 7) is 5.29. The van der Waals surface area contributed by atoms with Gasteiger partial charge in [0.1, 0.15) is 0 Å². The Morgan fingerprint density at radius 2 is 1.91 bits per heavy atom. The molecule has 0 unspecified atom stereocenters. The molecular formula is C18H25NO4. The number of nitrogens with one attached hydrogen (secondary N) is 1. The van der Waals surface area contributed by atoms with Gasteiger partial charge in [-0.15, -0.1) is 0 Å². The Morgan fingerprint density at radius 3 is 2.57 bits per heavy atom. The number of amides is 1. The highest BCUT2D eigenvalue weighted by Gasteiger charge is 2.15. The number of rotatable bonds is 6. The van der Waals surface area contributed by atoms with Gasteiger partial charge in [0, 0.05) is 25.3 Å². The molecule has 1 amide bonds. The van der Waals surface area contributed by atoms with E-state index in [1.54, 1.807) is 19.1 Å². The number of hydrogen-bond donors (Lipinski definition) is 2. The maximum absolute atomic E-state index is 12.1. The van der Waals surface area contributed by atoms with E-state index in [1.165, 1.54) is 0 Å². The predicted molar refractivity (Wildman–Crippen MR) is 88.9 cm³/mol. The summed E-state index contributed by atoms with van der Waals surface area (Å²) >= 11 is 0. The van der Waals surface area contributed by atoms with Crippen molar-refractivity contribution in [1.82, 2.24) is 0 Å². The zero-order valence-corrected chi connectivity index (χ0v) is 13.9. The Kier molecular flexibility index (Phi) is 6.16. The molecule has 1 fully saturated rings. The molecule has 0 radical (unpaired) electrons. The van der Waals surface area contributed by atoms with E-state index in [0.29, 0.717) is 23.6 Å². The fourth-order valence-corrected chi connectivity index (χ4v) is 3.02. The number of ether oxygens (including phenoxy) is 1. The van der Waals surface area contributed by atoms with Gasteiger partial charge in [-0.05, 0) is 62.6 Å². The lowest BCUT2D eigenvalue weighted by atomic mass is 9.94. The van der Waals surface area contributed by atoms with E-state index in [2.05, 4.69) is 5.32 Å². The van der Waals surface area contributed by atoms with Gasteiger partial charge in [0.25, 0.3) is 0 Å². The van der Waals surface area contributed by atoms with Gasteiger partial charge in [-0.1, -0.05) is 6.07 Å². The second kappa shape index (κ2) is 8.11. The average Bonchev–Trinajstić information content (AvgIpc) is 2.50. The smallest absolute Gasteiger partial charge is 0.336 e. The highest BCUT2D eigenvalue weighted by Crippen LogP contribution is 2.23. The molecule has 1 aromatic carbocycles. The van der Waals surface area contributed by atoms with Crippen molar-refractivity contribution in [2.24, 2.45) is 5.92 Å². The molecule has 126 valence electrons. The predicted octanol–water partition coefficient (Wildman–Crippen LogP) is 3.54. The molecule has 5 heteroatoms. The second-order valence-electron chi connectivity index (χ2n) is 6.28. The van der Waals surface area contributed by atoms with Crippen molar-refractivity contribution in [3.63, 3.8) is 0 Å².